The molecule has 4 nitrogen and oxygen atoms in total. The maximum atomic E-state index is 11.8. The van der Waals surface area contributed by atoms with E-state index in [1.54, 1.807) is 29.6 Å². The summed E-state index contributed by atoms with van der Waals surface area (Å²) in [6.45, 7) is 2.16. The molecule has 0 aliphatic heterocycles. The fourth-order valence-corrected chi connectivity index (χ4v) is 3.05. The molecule has 0 saturated heterocycles. The number of carbonyl (C=O) groups excluding carboxylic acids is 1. The van der Waals surface area contributed by atoms with Crippen molar-refractivity contribution in [2.24, 2.45) is 7.05 Å². The van der Waals surface area contributed by atoms with Gasteiger partial charge in [-0.15, -0.1) is 0 Å². The number of halogens is 1. The minimum absolute atomic E-state index is 0.312. The summed E-state index contributed by atoms with van der Waals surface area (Å²) in [7, 11) is 1.83. The van der Waals surface area contributed by atoms with E-state index in [0.717, 1.165) is 16.5 Å². The number of aromatic nitrogens is 2. The predicted molar refractivity (Wildman–Crippen MR) is 85.6 cm³/mol. The highest BCUT2D eigenvalue weighted by Gasteiger charge is 2.16. The number of hydrogen-bond donors (Lipinski definition) is 0. The first kappa shape index (κ1) is 15.9. The number of carbonyl (C=O) groups is 1. The van der Waals surface area contributed by atoms with Crippen LogP contribution in [-0.4, -0.2) is 22.4 Å². The Kier molecular flexibility index (Phi) is 5.70. The Morgan fingerprint density at radius 1 is 1.33 bits per heavy atom. The van der Waals surface area contributed by atoms with E-state index in [1.807, 2.05) is 31.3 Å². The lowest BCUT2D eigenvalue weighted by Crippen LogP contribution is -2.08. The van der Waals surface area contributed by atoms with Crippen LogP contribution in [0.2, 0.25) is 5.02 Å². The summed E-state index contributed by atoms with van der Waals surface area (Å²) in [6.07, 6.45) is 1.57. The Morgan fingerprint density at radius 3 is 2.71 bits per heavy atom. The average Bonchev–Trinajstić information content (AvgIpc) is 2.83. The molecule has 1 aromatic carbocycles. The monoisotopic (exact) mass is 324 g/mol. The molecule has 2 aromatic rings. The minimum Gasteiger partial charge on any atom is -0.462 e. The third-order valence-electron chi connectivity index (χ3n) is 2.98. The van der Waals surface area contributed by atoms with Gasteiger partial charge in [-0.25, -0.2) is 4.79 Å². The van der Waals surface area contributed by atoms with Gasteiger partial charge in [0.05, 0.1) is 18.5 Å². The van der Waals surface area contributed by atoms with E-state index in [-0.39, 0.29) is 5.97 Å². The summed E-state index contributed by atoms with van der Waals surface area (Å²) in [5, 5.41) is 4.88. The lowest BCUT2D eigenvalue weighted by atomic mass is 10.2. The summed E-state index contributed by atoms with van der Waals surface area (Å²) >= 11 is 7.59. The van der Waals surface area contributed by atoms with Crippen LogP contribution in [-0.2, 0) is 23.3 Å². The molecule has 0 aliphatic carbocycles. The second kappa shape index (κ2) is 7.52. The van der Waals surface area contributed by atoms with Crippen LogP contribution < -0.4 is 0 Å². The van der Waals surface area contributed by atoms with E-state index in [1.165, 1.54) is 5.56 Å². The average molecular weight is 325 g/mol. The van der Waals surface area contributed by atoms with Gasteiger partial charge in [-0.1, -0.05) is 23.7 Å². The van der Waals surface area contributed by atoms with Crippen molar-refractivity contribution in [1.29, 1.82) is 0 Å². The topological polar surface area (TPSA) is 44.1 Å². The Morgan fingerprint density at radius 2 is 2.05 bits per heavy atom. The number of esters is 1. The maximum Gasteiger partial charge on any atom is 0.341 e. The summed E-state index contributed by atoms with van der Waals surface area (Å²) < 4.78 is 6.77. The molecule has 0 saturated carbocycles. The van der Waals surface area contributed by atoms with Gasteiger partial charge in [0.2, 0.25) is 0 Å². The van der Waals surface area contributed by atoms with Crippen molar-refractivity contribution in [3.8, 4) is 0 Å². The van der Waals surface area contributed by atoms with Gasteiger partial charge in [0.25, 0.3) is 0 Å². The van der Waals surface area contributed by atoms with Gasteiger partial charge in [-0.2, -0.15) is 16.9 Å². The van der Waals surface area contributed by atoms with Gasteiger partial charge in [-0.05, 0) is 24.6 Å². The zero-order valence-electron chi connectivity index (χ0n) is 12.0. The Bertz CT molecular complexity index is 611. The van der Waals surface area contributed by atoms with E-state index in [0.29, 0.717) is 17.9 Å². The van der Waals surface area contributed by atoms with Crippen molar-refractivity contribution in [3.05, 3.63) is 52.3 Å². The first-order chi connectivity index (χ1) is 10.1. The van der Waals surface area contributed by atoms with Crippen LogP contribution in [0.15, 0.2) is 30.5 Å². The lowest BCUT2D eigenvalue weighted by Gasteiger charge is -2.06. The zero-order valence-corrected chi connectivity index (χ0v) is 13.6. The number of nitrogens with zero attached hydrogens (tertiary/aromatic N) is 2. The van der Waals surface area contributed by atoms with E-state index in [9.17, 15) is 4.79 Å². The van der Waals surface area contributed by atoms with E-state index in [4.69, 9.17) is 16.3 Å². The van der Waals surface area contributed by atoms with Gasteiger partial charge >= 0.3 is 5.97 Å². The molecule has 0 amide bonds. The van der Waals surface area contributed by atoms with Crippen molar-refractivity contribution in [2.45, 2.75) is 18.4 Å². The van der Waals surface area contributed by atoms with Crippen LogP contribution >= 0.6 is 23.4 Å². The Balaban J connectivity index is 1.98. The Labute approximate surface area is 133 Å². The number of rotatable bonds is 6. The normalized spacial score (nSPS) is 10.6. The number of thioether (sulfide) groups is 1. The molecule has 0 atom stereocenters. The summed E-state index contributed by atoms with van der Waals surface area (Å²) in [5.74, 6) is 1.24. The molecule has 2 rings (SSSR count). The second-order valence-electron chi connectivity index (χ2n) is 4.47. The molecule has 0 fully saturated rings. The molecule has 1 heterocycles. The number of aryl methyl sites for hydroxylation is 1. The standard InChI is InChI=1S/C15H17ClN2O2S/c1-3-20-15(19)13-8-17-18(2)14(13)10-21-9-11-4-6-12(16)7-5-11/h4-8H,3,9-10H2,1-2H3. The highest BCUT2D eigenvalue weighted by molar-refractivity contribution is 7.97. The highest BCUT2D eigenvalue weighted by atomic mass is 35.5. The fraction of sp³-hybridized carbons (Fsp3) is 0.333. The summed E-state index contributed by atoms with van der Waals surface area (Å²) in [5.41, 5.74) is 2.62. The lowest BCUT2D eigenvalue weighted by molar-refractivity contribution is 0.0525. The molecule has 0 unspecified atom stereocenters. The molecule has 0 bridgehead atoms. The molecule has 1 aromatic heterocycles. The van der Waals surface area contributed by atoms with Crippen LogP contribution in [0.1, 0.15) is 28.5 Å². The van der Waals surface area contributed by atoms with Crippen molar-refractivity contribution in [2.75, 3.05) is 6.61 Å². The van der Waals surface area contributed by atoms with E-state index in [2.05, 4.69) is 5.10 Å². The van der Waals surface area contributed by atoms with Gasteiger partial charge in [0.15, 0.2) is 0 Å². The third-order valence-corrected chi connectivity index (χ3v) is 4.24. The summed E-state index contributed by atoms with van der Waals surface area (Å²) in [4.78, 5) is 11.8. The molecule has 6 heteroatoms. The molecule has 0 radical (unpaired) electrons. The largest absolute Gasteiger partial charge is 0.462 e. The molecule has 21 heavy (non-hydrogen) atoms. The molecular weight excluding hydrogens is 308 g/mol. The quantitative estimate of drug-likeness (QED) is 0.760. The van der Waals surface area contributed by atoms with Crippen LogP contribution in [0.4, 0.5) is 0 Å². The van der Waals surface area contributed by atoms with Crippen molar-refractivity contribution in [3.63, 3.8) is 0 Å². The van der Waals surface area contributed by atoms with E-state index >= 15 is 0 Å². The van der Waals surface area contributed by atoms with Crippen LogP contribution in [0.5, 0.6) is 0 Å². The second-order valence-corrected chi connectivity index (χ2v) is 5.89. The molecule has 112 valence electrons. The minimum atomic E-state index is -0.312. The number of ether oxygens (including phenoxy) is 1. The summed E-state index contributed by atoms with van der Waals surface area (Å²) in [6, 6.07) is 7.77. The maximum absolute atomic E-state index is 11.8. The van der Waals surface area contributed by atoms with Crippen LogP contribution in [0.3, 0.4) is 0 Å². The molecule has 0 N–H and O–H groups in total. The van der Waals surface area contributed by atoms with Gasteiger partial charge < -0.3 is 4.74 Å². The van der Waals surface area contributed by atoms with Gasteiger partial charge in [0.1, 0.15) is 5.56 Å². The molecule has 0 spiro atoms. The third kappa shape index (κ3) is 4.25. The first-order valence-corrected chi connectivity index (χ1v) is 8.15. The van der Waals surface area contributed by atoms with Crippen molar-refractivity contribution < 1.29 is 9.53 Å². The highest BCUT2D eigenvalue weighted by Crippen LogP contribution is 2.21. The number of hydrogen-bond acceptors (Lipinski definition) is 4. The number of benzene rings is 1. The predicted octanol–water partition coefficient (Wildman–Crippen LogP) is 3.68. The van der Waals surface area contributed by atoms with Crippen molar-refractivity contribution >= 4 is 29.3 Å². The van der Waals surface area contributed by atoms with Crippen molar-refractivity contribution in [1.82, 2.24) is 9.78 Å². The smallest absolute Gasteiger partial charge is 0.341 e. The SMILES string of the molecule is CCOC(=O)c1cnn(C)c1CSCc1ccc(Cl)cc1. The van der Waals surface area contributed by atoms with E-state index < -0.39 is 0 Å². The van der Waals surface area contributed by atoms with Gasteiger partial charge in [-0.3, -0.25) is 4.68 Å². The zero-order chi connectivity index (χ0) is 15.2. The molecular formula is C15H17ClN2O2S. The molecule has 0 aliphatic rings. The van der Waals surface area contributed by atoms with Crippen LogP contribution in [0, 0.1) is 0 Å². The van der Waals surface area contributed by atoms with Crippen LogP contribution in [0.25, 0.3) is 0 Å². The fourth-order valence-electron chi connectivity index (χ4n) is 1.86. The van der Waals surface area contributed by atoms with Gasteiger partial charge in [0, 0.05) is 23.6 Å². The first-order valence-electron chi connectivity index (χ1n) is 6.62. The Hall–Kier alpha value is -1.46.